The van der Waals surface area contributed by atoms with Gasteiger partial charge in [0.2, 0.25) is 5.91 Å². The molecule has 1 heterocycles. The molecule has 0 aromatic heterocycles. The molecule has 1 aliphatic rings. The van der Waals surface area contributed by atoms with E-state index in [1.807, 2.05) is 0 Å². The van der Waals surface area contributed by atoms with E-state index < -0.39 is 18.5 Å². The maximum absolute atomic E-state index is 13.0. The predicted octanol–water partition coefficient (Wildman–Crippen LogP) is 1.01. The van der Waals surface area contributed by atoms with Crippen LogP contribution in [-0.2, 0) is 4.79 Å². The lowest BCUT2D eigenvalue weighted by Crippen LogP contribution is -2.44. The minimum atomic E-state index is -2.73. The summed E-state index contributed by atoms with van der Waals surface area (Å²) in [5.41, 5.74) is 0. The van der Waals surface area contributed by atoms with Crippen molar-refractivity contribution in [2.45, 2.75) is 38.3 Å². The van der Waals surface area contributed by atoms with Gasteiger partial charge in [0.1, 0.15) is 0 Å². The van der Waals surface area contributed by atoms with E-state index in [2.05, 4.69) is 14.5 Å². The molecule has 1 saturated heterocycles. The Balaban J connectivity index is 2.66. The zero-order chi connectivity index (χ0) is 10.9. The summed E-state index contributed by atoms with van der Waals surface area (Å²) in [6, 6.07) is -0.811. The SMILES string of the molecule is C[C@H](NP)C(=O)N1CC(F)(F)C[C@H]1C. The van der Waals surface area contributed by atoms with Crippen LogP contribution in [0.5, 0.6) is 0 Å². The Labute approximate surface area is 84.5 Å². The molecule has 0 aromatic carbocycles. The second kappa shape index (κ2) is 4.07. The van der Waals surface area contributed by atoms with Crippen molar-refractivity contribution in [2.75, 3.05) is 6.54 Å². The molecule has 0 aliphatic carbocycles. The van der Waals surface area contributed by atoms with Crippen molar-refractivity contribution in [1.29, 1.82) is 0 Å². The molecule has 1 N–H and O–H groups in total. The van der Waals surface area contributed by atoms with Gasteiger partial charge in [0, 0.05) is 12.5 Å². The Kier molecular flexibility index (Phi) is 3.43. The molecule has 14 heavy (non-hydrogen) atoms. The number of likely N-dealkylation sites (tertiary alicyclic amines) is 1. The summed E-state index contributed by atoms with van der Waals surface area (Å²) in [6.07, 6.45) is -0.234. The predicted molar refractivity (Wildman–Crippen MR) is 53.0 cm³/mol. The molecule has 0 aromatic rings. The van der Waals surface area contributed by atoms with Crippen molar-refractivity contribution < 1.29 is 13.6 Å². The molecule has 1 aliphatic heterocycles. The first-order valence-electron chi connectivity index (χ1n) is 4.52. The van der Waals surface area contributed by atoms with Gasteiger partial charge in [-0.2, -0.15) is 0 Å². The van der Waals surface area contributed by atoms with Crippen molar-refractivity contribution in [3.63, 3.8) is 0 Å². The number of hydrogen-bond acceptors (Lipinski definition) is 2. The fraction of sp³-hybridized carbons (Fsp3) is 0.875. The van der Waals surface area contributed by atoms with E-state index in [1.54, 1.807) is 13.8 Å². The van der Waals surface area contributed by atoms with Crippen molar-refractivity contribution in [3.8, 4) is 0 Å². The minimum Gasteiger partial charge on any atom is -0.332 e. The van der Waals surface area contributed by atoms with E-state index >= 15 is 0 Å². The molecule has 82 valence electrons. The molecule has 0 bridgehead atoms. The normalized spacial score (nSPS) is 27.8. The zero-order valence-corrected chi connectivity index (χ0v) is 9.41. The molecule has 0 saturated carbocycles. The van der Waals surface area contributed by atoms with Crippen LogP contribution < -0.4 is 5.09 Å². The highest BCUT2D eigenvalue weighted by Gasteiger charge is 2.45. The van der Waals surface area contributed by atoms with Crippen LogP contribution in [-0.4, -0.2) is 35.4 Å². The number of nitrogens with one attached hydrogen (secondary N) is 1. The summed E-state index contributed by atoms with van der Waals surface area (Å²) in [5, 5.41) is 2.67. The number of carbonyl (C=O) groups is 1. The van der Waals surface area contributed by atoms with Gasteiger partial charge in [-0.05, 0) is 13.8 Å². The Hall–Kier alpha value is -0.280. The first kappa shape index (κ1) is 11.8. The third-order valence-corrected chi connectivity index (χ3v) is 2.93. The van der Waals surface area contributed by atoms with Gasteiger partial charge < -0.3 is 4.90 Å². The Morgan fingerprint density at radius 2 is 2.29 bits per heavy atom. The third-order valence-electron chi connectivity index (χ3n) is 2.43. The molecule has 0 spiro atoms. The summed E-state index contributed by atoms with van der Waals surface area (Å²) in [5.74, 6) is -3.00. The fourth-order valence-corrected chi connectivity index (χ4v) is 1.77. The van der Waals surface area contributed by atoms with Crippen LogP contribution in [0, 0.1) is 0 Å². The quantitative estimate of drug-likeness (QED) is 0.710. The van der Waals surface area contributed by atoms with Crippen LogP contribution in [0.15, 0.2) is 0 Å². The van der Waals surface area contributed by atoms with Gasteiger partial charge in [0.05, 0.1) is 12.6 Å². The number of alkyl halides is 2. The highest BCUT2D eigenvalue weighted by atomic mass is 31.0. The number of nitrogens with zero attached hydrogens (tertiary/aromatic N) is 1. The summed E-state index contributed by atoms with van der Waals surface area (Å²) >= 11 is 0. The van der Waals surface area contributed by atoms with Crippen molar-refractivity contribution >= 4 is 15.3 Å². The number of amides is 1. The third kappa shape index (κ3) is 2.39. The van der Waals surface area contributed by atoms with Crippen LogP contribution in [0.2, 0.25) is 0 Å². The van der Waals surface area contributed by atoms with E-state index in [0.717, 1.165) is 0 Å². The van der Waals surface area contributed by atoms with Gasteiger partial charge in [-0.1, -0.05) is 9.39 Å². The van der Waals surface area contributed by atoms with E-state index in [4.69, 9.17) is 0 Å². The van der Waals surface area contributed by atoms with Crippen molar-refractivity contribution in [2.24, 2.45) is 0 Å². The minimum absolute atomic E-state index is 0.234. The Morgan fingerprint density at radius 3 is 2.64 bits per heavy atom. The van der Waals surface area contributed by atoms with E-state index in [0.29, 0.717) is 0 Å². The summed E-state index contributed by atoms with van der Waals surface area (Å²) in [7, 11) is 2.21. The number of rotatable bonds is 2. The second-order valence-corrected chi connectivity index (χ2v) is 4.10. The first-order chi connectivity index (χ1) is 6.37. The van der Waals surface area contributed by atoms with E-state index in [-0.39, 0.29) is 18.4 Å². The summed E-state index contributed by atoms with van der Waals surface area (Å²) < 4.78 is 25.9. The van der Waals surface area contributed by atoms with Crippen LogP contribution in [0.25, 0.3) is 0 Å². The molecule has 0 radical (unpaired) electrons. The monoisotopic (exact) mass is 224 g/mol. The van der Waals surface area contributed by atoms with Crippen LogP contribution >= 0.6 is 9.39 Å². The maximum atomic E-state index is 13.0. The average Bonchev–Trinajstić information content (AvgIpc) is 2.37. The fourth-order valence-electron chi connectivity index (χ4n) is 1.63. The molecule has 1 fully saturated rings. The molecule has 1 unspecified atom stereocenters. The maximum Gasteiger partial charge on any atom is 0.267 e. The zero-order valence-electron chi connectivity index (χ0n) is 8.26. The van der Waals surface area contributed by atoms with Gasteiger partial charge >= 0.3 is 0 Å². The second-order valence-electron chi connectivity index (χ2n) is 3.76. The molecular weight excluding hydrogens is 209 g/mol. The highest BCUT2D eigenvalue weighted by Crippen LogP contribution is 2.31. The summed E-state index contributed by atoms with van der Waals surface area (Å²) in [6.45, 7) is 2.84. The Bertz CT molecular complexity index is 237. The largest absolute Gasteiger partial charge is 0.332 e. The average molecular weight is 224 g/mol. The van der Waals surface area contributed by atoms with Gasteiger partial charge in [-0.3, -0.25) is 9.88 Å². The number of carbonyl (C=O) groups excluding carboxylic acids is 1. The Morgan fingerprint density at radius 1 is 1.71 bits per heavy atom. The lowest BCUT2D eigenvalue weighted by atomic mass is 10.2. The lowest BCUT2D eigenvalue weighted by Gasteiger charge is -2.24. The van der Waals surface area contributed by atoms with Gasteiger partial charge in [-0.25, -0.2) is 8.78 Å². The standard InChI is InChI=1S/C8H15F2N2OP/c1-5-3-8(9,10)4-12(5)7(13)6(2)11-14/h5-6,11H,3-4,14H2,1-2H3/t5-,6+/m1/s1. The van der Waals surface area contributed by atoms with Gasteiger partial charge in [-0.15, -0.1) is 0 Å². The van der Waals surface area contributed by atoms with Crippen molar-refractivity contribution in [1.82, 2.24) is 9.99 Å². The van der Waals surface area contributed by atoms with Crippen molar-refractivity contribution in [3.05, 3.63) is 0 Å². The molecule has 6 heteroatoms. The molecule has 3 nitrogen and oxygen atoms in total. The molecule has 1 amide bonds. The molecular formula is C8H15F2N2OP. The van der Waals surface area contributed by atoms with Gasteiger partial charge in [0.25, 0.3) is 5.92 Å². The lowest BCUT2D eigenvalue weighted by molar-refractivity contribution is -0.134. The van der Waals surface area contributed by atoms with Gasteiger partial charge in [0.15, 0.2) is 0 Å². The first-order valence-corrected chi connectivity index (χ1v) is 5.09. The van der Waals surface area contributed by atoms with E-state index in [9.17, 15) is 13.6 Å². The smallest absolute Gasteiger partial charge is 0.267 e. The molecule has 3 atom stereocenters. The number of hydrogen-bond donors (Lipinski definition) is 1. The topological polar surface area (TPSA) is 32.3 Å². The molecule has 1 rings (SSSR count). The van der Waals surface area contributed by atoms with Crippen LogP contribution in [0.1, 0.15) is 20.3 Å². The van der Waals surface area contributed by atoms with Crippen LogP contribution in [0.3, 0.4) is 0 Å². The van der Waals surface area contributed by atoms with Crippen LogP contribution in [0.4, 0.5) is 8.78 Å². The summed E-state index contributed by atoms with van der Waals surface area (Å²) in [4.78, 5) is 12.8. The number of halogens is 2. The van der Waals surface area contributed by atoms with E-state index in [1.165, 1.54) is 4.90 Å². The highest BCUT2D eigenvalue weighted by molar-refractivity contribution is 7.13.